The third-order valence-corrected chi connectivity index (χ3v) is 2.93. The van der Waals surface area contributed by atoms with E-state index in [0.29, 0.717) is 25.4 Å². The Balaban J connectivity index is 2.47. The molecule has 0 heterocycles. The molecular formula is C16H22N2O2. The van der Waals surface area contributed by atoms with E-state index in [1.165, 1.54) is 0 Å². The molecule has 1 amide bonds. The van der Waals surface area contributed by atoms with E-state index < -0.39 is 0 Å². The molecule has 0 saturated heterocycles. The van der Waals surface area contributed by atoms with Crippen LogP contribution in [0.2, 0.25) is 0 Å². The third kappa shape index (κ3) is 6.24. The van der Waals surface area contributed by atoms with Crippen molar-refractivity contribution in [3.63, 3.8) is 0 Å². The van der Waals surface area contributed by atoms with Gasteiger partial charge in [0, 0.05) is 13.1 Å². The van der Waals surface area contributed by atoms with Gasteiger partial charge in [-0.15, -0.1) is 0 Å². The first kappa shape index (κ1) is 16.0. The molecule has 108 valence electrons. The lowest BCUT2D eigenvalue weighted by Gasteiger charge is -2.22. The fourth-order valence-electron chi connectivity index (χ4n) is 1.70. The van der Waals surface area contributed by atoms with E-state index >= 15 is 0 Å². The quantitative estimate of drug-likeness (QED) is 0.763. The molecule has 0 spiro atoms. The van der Waals surface area contributed by atoms with Gasteiger partial charge >= 0.3 is 6.09 Å². The minimum atomic E-state index is -0.343. The lowest BCUT2D eigenvalue weighted by molar-refractivity contribution is 0.0952. The van der Waals surface area contributed by atoms with E-state index in [-0.39, 0.29) is 12.7 Å². The van der Waals surface area contributed by atoms with Crippen LogP contribution >= 0.6 is 0 Å². The highest BCUT2D eigenvalue weighted by molar-refractivity contribution is 5.67. The molecule has 0 radical (unpaired) electrons. The maximum absolute atomic E-state index is 12.0. The van der Waals surface area contributed by atoms with Gasteiger partial charge in [0.25, 0.3) is 0 Å². The molecule has 20 heavy (non-hydrogen) atoms. The van der Waals surface area contributed by atoms with Crippen molar-refractivity contribution in [3.05, 3.63) is 35.9 Å². The fraction of sp³-hybridized carbons (Fsp3) is 0.500. The summed E-state index contributed by atoms with van der Waals surface area (Å²) < 4.78 is 5.30. The summed E-state index contributed by atoms with van der Waals surface area (Å²) in [5, 5.41) is 8.65. The predicted molar refractivity (Wildman–Crippen MR) is 77.9 cm³/mol. The van der Waals surface area contributed by atoms with E-state index in [9.17, 15) is 4.79 Å². The molecule has 0 aliphatic carbocycles. The van der Waals surface area contributed by atoms with Crippen molar-refractivity contribution in [2.75, 3.05) is 13.1 Å². The lowest BCUT2D eigenvalue weighted by Crippen LogP contribution is -2.33. The number of amides is 1. The molecule has 0 bridgehead atoms. The van der Waals surface area contributed by atoms with Gasteiger partial charge < -0.3 is 9.64 Å². The summed E-state index contributed by atoms with van der Waals surface area (Å²) in [6, 6.07) is 11.6. The Morgan fingerprint density at radius 1 is 1.30 bits per heavy atom. The zero-order valence-corrected chi connectivity index (χ0v) is 12.2. The Hall–Kier alpha value is -2.02. The second-order valence-corrected chi connectivity index (χ2v) is 5.12. The first-order valence-corrected chi connectivity index (χ1v) is 6.96. The summed E-state index contributed by atoms with van der Waals surface area (Å²) in [7, 11) is 0. The van der Waals surface area contributed by atoms with E-state index in [2.05, 4.69) is 19.9 Å². The van der Waals surface area contributed by atoms with Crippen LogP contribution in [-0.4, -0.2) is 24.1 Å². The SMILES string of the molecule is CC(C)CCN(CCC#N)C(=O)OCc1ccccc1. The molecule has 1 aromatic carbocycles. The predicted octanol–water partition coefficient (Wildman–Crippen LogP) is 3.58. The molecule has 0 saturated carbocycles. The van der Waals surface area contributed by atoms with Crippen LogP contribution in [0, 0.1) is 17.2 Å². The van der Waals surface area contributed by atoms with Gasteiger partial charge in [-0.1, -0.05) is 44.2 Å². The largest absolute Gasteiger partial charge is 0.445 e. The van der Waals surface area contributed by atoms with Gasteiger partial charge in [-0.05, 0) is 17.9 Å². The number of rotatable bonds is 7. The van der Waals surface area contributed by atoms with Gasteiger partial charge in [0.2, 0.25) is 0 Å². The molecule has 0 aliphatic rings. The minimum Gasteiger partial charge on any atom is -0.445 e. The molecule has 4 nitrogen and oxygen atoms in total. The highest BCUT2D eigenvalue weighted by Gasteiger charge is 2.15. The highest BCUT2D eigenvalue weighted by Crippen LogP contribution is 2.07. The monoisotopic (exact) mass is 274 g/mol. The number of carbonyl (C=O) groups is 1. The summed E-state index contributed by atoms with van der Waals surface area (Å²) in [4.78, 5) is 13.6. The average molecular weight is 274 g/mol. The number of ether oxygens (including phenoxy) is 1. The van der Waals surface area contributed by atoms with Gasteiger partial charge in [-0.25, -0.2) is 4.79 Å². The highest BCUT2D eigenvalue weighted by atomic mass is 16.6. The van der Waals surface area contributed by atoms with Gasteiger partial charge in [0.1, 0.15) is 6.61 Å². The molecule has 0 N–H and O–H groups in total. The van der Waals surface area contributed by atoms with Crippen LogP contribution in [0.4, 0.5) is 4.79 Å². The fourth-order valence-corrected chi connectivity index (χ4v) is 1.70. The average Bonchev–Trinajstić information content (AvgIpc) is 2.45. The standard InChI is InChI=1S/C16H22N2O2/c1-14(2)9-12-18(11-6-10-17)16(19)20-13-15-7-4-3-5-8-15/h3-5,7-8,14H,6,9,11-13H2,1-2H3. The number of nitriles is 1. The van der Waals surface area contributed by atoms with Crippen LogP contribution in [0.3, 0.4) is 0 Å². The summed E-state index contributed by atoms with van der Waals surface area (Å²) >= 11 is 0. The van der Waals surface area contributed by atoms with Crippen LogP contribution < -0.4 is 0 Å². The van der Waals surface area contributed by atoms with E-state index in [4.69, 9.17) is 10.00 Å². The van der Waals surface area contributed by atoms with E-state index in [1.54, 1.807) is 4.90 Å². The van der Waals surface area contributed by atoms with E-state index in [1.807, 2.05) is 30.3 Å². The van der Waals surface area contributed by atoms with E-state index in [0.717, 1.165) is 12.0 Å². The van der Waals surface area contributed by atoms with Crippen LogP contribution in [0.1, 0.15) is 32.3 Å². The molecule has 0 unspecified atom stereocenters. The Morgan fingerprint density at radius 3 is 2.60 bits per heavy atom. The van der Waals surface area contributed by atoms with Gasteiger partial charge in [0.15, 0.2) is 0 Å². The van der Waals surface area contributed by atoms with Crippen molar-refractivity contribution in [1.29, 1.82) is 5.26 Å². The maximum atomic E-state index is 12.0. The molecule has 0 atom stereocenters. The second-order valence-electron chi connectivity index (χ2n) is 5.12. The summed E-state index contributed by atoms with van der Waals surface area (Å²) in [6.07, 6.45) is 0.898. The number of hydrogen-bond donors (Lipinski definition) is 0. The van der Waals surface area contributed by atoms with Crippen LogP contribution in [-0.2, 0) is 11.3 Å². The Morgan fingerprint density at radius 2 is 2.00 bits per heavy atom. The summed E-state index contributed by atoms with van der Waals surface area (Å²) in [5.74, 6) is 0.515. The molecule has 0 aliphatic heterocycles. The third-order valence-electron chi connectivity index (χ3n) is 2.93. The topological polar surface area (TPSA) is 53.3 Å². The summed E-state index contributed by atoms with van der Waals surface area (Å²) in [5.41, 5.74) is 0.963. The van der Waals surface area contributed by atoms with Gasteiger partial charge in [0.05, 0.1) is 12.5 Å². The van der Waals surface area contributed by atoms with Crippen LogP contribution in [0.15, 0.2) is 30.3 Å². The number of nitrogens with zero attached hydrogens (tertiary/aromatic N) is 2. The van der Waals surface area contributed by atoms with Crippen molar-refractivity contribution < 1.29 is 9.53 Å². The molecule has 4 heteroatoms. The lowest BCUT2D eigenvalue weighted by atomic mass is 10.1. The van der Waals surface area contributed by atoms with Crippen molar-refractivity contribution in [2.24, 2.45) is 5.92 Å². The Bertz CT molecular complexity index is 438. The molecule has 1 rings (SSSR count). The van der Waals surface area contributed by atoms with Gasteiger partial charge in [-0.2, -0.15) is 5.26 Å². The van der Waals surface area contributed by atoms with Crippen LogP contribution in [0.5, 0.6) is 0 Å². The van der Waals surface area contributed by atoms with Crippen molar-refractivity contribution in [3.8, 4) is 6.07 Å². The first-order chi connectivity index (χ1) is 9.63. The zero-order chi connectivity index (χ0) is 14.8. The zero-order valence-electron chi connectivity index (χ0n) is 12.2. The van der Waals surface area contributed by atoms with Crippen molar-refractivity contribution >= 4 is 6.09 Å². The smallest absolute Gasteiger partial charge is 0.410 e. The normalized spacial score (nSPS) is 10.1. The minimum absolute atomic E-state index is 0.268. The molecular weight excluding hydrogens is 252 g/mol. The molecule has 0 fully saturated rings. The van der Waals surface area contributed by atoms with Gasteiger partial charge in [-0.3, -0.25) is 0 Å². The van der Waals surface area contributed by atoms with Crippen molar-refractivity contribution in [1.82, 2.24) is 4.90 Å². The number of benzene rings is 1. The maximum Gasteiger partial charge on any atom is 0.410 e. The first-order valence-electron chi connectivity index (χ1n) is 6.96. The number of hydrogen-bond acceptors (Lipinski definition) is 3. The molecule has 0 aromatic heterocycles. The second kappa shape index (κ2) is 8.98. The molecule has 1 aromatic rings. The Labute approximate surface area is 121 Å². The van der Waals surface area contributed by atoms with Crippen molar-refractivity contribution in [2.45, 2.75) is 33.3 Å². The number of carbonyl (C=O) groups excluding carboxylic acids is 1. The van der Waals surface area contributed by atoms with Crippen LogP contribution in [0.25, 0.3) is 0 Å². The Kier molecular flexibility index (Phi) is 7.20. The summed E-state index contributed by atoms with van der Waals surface area (Å²) in [6.45, 7) is 5.55.